The molecule has 1 atom stereocenters. The van der Waals surface area contributed by atoms with Gasteiger partial charge in [0.1, 0.15) is 5.75 Å². The monoisotopic (exact) mass is 396 g/mol. The van der Waals surface area contributed by atoms with Crippen LogP contribution < -0.4 is 20.5 Å². The van der Waals surface area contributed by atoms with Crippen LogP contribution in [-0.4, -0.2) is 41.6 Å². The van der Waals surface area contributed by atoms with E-state index in [0.29, 0.717) is 31.3 Å². The molecular weight excluding hydrogens is 372 g/mol. The van der Waals surface area contributed by atoms with Gasteiger partial charge >= 0.3 is 0 Å². The van der Waals surface area contributed by atoms with Crippen LogP contribution in [0.4, 0.5) is 5.69 Å². The Morgan fingerprint density at radius 3 is 2.83 bits per heavy atom. The molecule has 1 saturated carbocycles. The Kier molecular flexibility index (Phi) is 5.33. The van der Waals surface area contributed by atoms with Crippen molar-refractivity contribution in [1.29, 1.82) is 0 Å². The molecule has 152 valence electrons. The first-order chi connectivity index (χ1) is 14.0. The summed E-state index contributed by atoms with van der Waals surface area (Å²) in [6.07, 6.45) is 3.91. The molecule has 1 aromatic carbocycles. The average Bonchev–Trinajstić information content (AvgIpc) is 3.50. The van der Waals surface area contributed by atoms with Crippen LogP contribution in [0, 0.1) is 5.92 Å². The molecule has 1 saturated heterocycles. The van der Waals surface area contributed by atoms with E-state index in [4.69, 9.17) is 4.74 Å². The number of anilines is 1. The summed E-state index contributed by atoms with van der Waals surface area (Å²) in [5, 5.41) is 2.84. The number of aromatic nitrogens is 2. The lowest BCUT2D eigenvalue weighted by Gasteiger charge is -2.17. The van der Waals surface area contributed by atoms with Gasteiger partial charge in [0, 0.05) is 49.8 Å². The molecule has 29 heavy (non-hydrogen) atoms. The van der Waals surface area contributed by atoms with Crippen molar-refractivity contribution in [2.45, 2.75) is 31.7 Å². The molecule has 0 spiro atoms. The van der Waals surface area contributed by atoms with Crippen molar-refractivity contribution in [3.8, 4) is 5.75 Å². The molecule has 1 aliphatic heterocycles. The Hall–Kier alpha value is -3.16. The number of ether oxygens (including phenoxy) is 1. The highest BCUT2D eigenvalue weighted by molar-refractivity contribution is 6.00. The first kappa shape index (κ1) is 19.2. The molecule has 1 unspecified atom stereocenters. The van der Waals surface area contributed by atoms with Gasteiger partial charge in [-0.15, -0.1) is 0 Å². The molecule has 2 aliphatic rings. The fraction of sp³-hybridized carbons (Fsp3) is 0.429. The van der Waals surface area contributed by atoms with E-state index in [0.717, 1.165) is 24.2 Å². The molecule has 1 aliphatic carbocycles. The molecule has 8 nitrogen and oxygen atoms in total. The lowest BCUT2D eigenvalue weighted by molar-refractivity contribution is -0.126. The highest BCUT2D eigenvalue weighted by atomic mass is 16.5. The van der Waals surface area contributed by atoms with Gasteiger partial charge < -0.3 is 15.0 Å². The molecule has 4 rings (SSSR count). The van der Waals surface area contributed by atoms with Crippen LogP contribution in [0.15, 0.2) is 41.5 Å². The van der Waals surface area contributed by atoms with Gasteiger partial charge in [-0.25, -0.2) is 4.98 Å². The number of carbonyl (C=O) groups is 2. The van der Waals surface area contributed by atoms with Crippen LogP contribution in [0.1, 0.15) is 30.9 Å². The Balaban J connectivity index is 1.31. The predicted molar refractivity (Wildman–Crippen MR) is 107 cm³/mol. The number of hydrogen-bond donors (Lipinski definition) is 1. The first-order valence-electron chi connectivity index (χ1n) is 9.83. The zero-order chi connectivity index (χ0) is 20.4. The highest BCUT2D eigenvalue weighted by Crippen LogP contribution is 2.38. The lowest BCUT2D eigenvalue weighted by Crippen LogP contribution is -2.36. The number of methoxy groups -OCH3 is 1. The van der Waals surface area contributed by atoms with E-state index in [1.165, 1.54) is 4.57 Å². The Bertz CT molecular complexity index is 983. The summed E-state index contributed by atoms with van der Waals surface area (Å²) in [4.78, 5) is 43.0. The van der Waals surface area contributed by atoms with Gasteiger partial charge in [0.25, 0.3) is 5.56 Å². The van der Waals surface area contributed by atoms with E-state index >= 15 is 0 Å². The number of carbonyl (C=O) groups excluding carboxylic acids is 2. The molecule has 0 radical (unpaired) electrons. The summed E-state index contributed by atoms with van der Waals surface area (Å²) in [6, 6.07) is 8.81. The maximum Gasteiger partial charge on any atom is 0.253 e. The van der Waals surface area contributed by atoms with Gasteiger partial charge in [-0.2, -0.15) is 0 Å². The van der Waals surface area contributed by atoms with Gasteiger partial charge in [0.15, 0.2) is 0 Å². The van der Waals surface area contributed by atoms with E-state index in [1.807, 2.05) is 18.2 Å². The molecule has 1 aromatic heterocycles. The van der Waals surface area contributed by atoms with Gasteiger partial charge in [-0.3, -0.25) is 19.0 Å². The van der Waals surface area contributed by atoms with Crippen LogP contribution in [0.3, 0.4) is 0 Å². The largest absolute Gasteiger partial charge is 0.497 e. The second-order valence-electron chi connectivity index (χ2n) is 7.52. The third-order valence-electron chi connectivity index (χ3n) is 5.41. The molecule has 2 amide bonds. The molecule has 2 fully saturated rings. The van der Waals surface area contributed by atoms with Gasteiger partial charge in [0.05, 0.1) is 25.0 Å². The van der Waals surface area contributed by atoms with Crippen molar-refractivity contribution >= 4 is 17.5 Å². The van der Waals surface area contributed by atoms with E-state index < -0.39 is 5.92 Å². The Morgan fingerprint density at radius 2 is 2.10 bits per heavy atom. The molecule has 0 bridgehead atoms. The average molecular weight is 396 g/mol. The molecule has 2 heterocycles. The maximum absolute atomic E-state index is 12.5. The molecule has 8 heteroatoms. The predicted octanol–water partition coefficient (Wildman–Crippen LogP) is 1.30. The number of amides is 2. The van der Waals surface area contributed by atoms with Gasteiger partial charge in [-0.1, -0.05) is 6.07 Å². The van der Waals surface area contributed by atoms with Crippen molar-refractivity contribution in [2.24, 2.45) is 5.92 Å². The summed E-state index contributed by atoms with van der Waals surface area (Å²) >= 11 is 0. The van der Waals surface area contributed by atoms with Crippen molar-refractivity contribution < 1.29 is 14.3 Å². The standard InChI is InChI=1S/C21H24N4O4/c1-29-17-4-2-3-16(10-17)25-12-15(9-20(25)27)21(28)22-7-8-24-13-23-18(11-19(24)26)14-5-6-14/h2-4,10-11,13-15H,5-9,12H2,1H3,(H,22,28). The third kappa shape index (κ3) is 4.31. The highest BCUT2D eigenvalue weighted by Gasteiger charge is 2.35. The quantitative estimate of drug-likeness (QED) is 0.761. The molecule has 2 aromatic rings. The number of nitrogens with one attached hydrogen (secondary N) is 1. The number of benzene rings is 1. The van der Waals surface area contributed by atoms with Crippen LogP contribution in [0.2, 0.25) is 0 Å². The van der Waals surface area contributed by atoms with Gasteiger partial charge in [0.2, 0.25) is 11.8 Å². The number of rotatable bonds is 7. The molecule has 1 N–H and O–H groups in total. The third-order valence-corrected chi connectivity index (χ3v) is 5.41. The summed E-state index contributed by atoms with van der Waals surface area (Å²) < 4.78 is 6.70. The van der Waals surface area contributed by atoms with Crippen molar-refractivity contribution in [3.63, 3.8) is 0 Å². The summed E-state index contributed by atoms with van der Waals surface area (Å²) in [7, 11) is 1.57. The normalized spacial score (nSPS) is 18.7. The van der Waals surface area contributed by atoms with Crippen molar-refractivity contribution in [1.82, 2.24) is 14.9 Å². The van der Waals surface area contributed by atoms with E-state index in [9.17, 15) is 14.4 Å². The van der Waals surface area contributed by atoms with E-state index in [2.05, 4.69) is 10.3 Å². The first-order valence-corrected chi connectivity index (χ1v) is 9.83. The number of nitrogens with zero attached hydrogens (tertiary/aromatic N) is 3. The molecular formula is C21H24N4O4. The van der Waals surface area contributed by atoms with Crippen molar-refractivity contribution in [2.75, 3.05) is 25.1 Å². The van der Waals surface area contributed by atoms with Crippen LogP contribution in [0.25, 0.3) is 0 Å². The van der Waals surface area contributed by atoms with E-state index in [-0.39, 0.29) is 23.8 Å². The minimum atomic E-state index is -0.416. The fourth-order valence-electron chi connectivity index (χ4n) is 3.57. The van der Waals surface area contributed by atoms with Crippen LogP contribution in [-0.2, 0) is 16.1 Å². The Morgan fingerprint density at radius 1 is 1.28 bits per heavy atom. The zero-order valence-corrected chi connectivity index (χ0v) is 16.3. The van der Waals surface area contributed by atoms with Crippen molar-refractivity contribution in [3.05, 3.63) is 52.7 Å². The SMILES string of the molecule is COc1cccc(N2CC(C(=O)NCCn3cnc(C4CC4)cc3=O)CC2=O)c1. The van der Waals surface area contributed by atoms with Gasteiger partial charge in [-0.05, 0) is 25.0 Å². The lowest BCUT2D eigenvalue weighted by atomic mass is 10.1. The zero-order valence-electron chi connectivity index (χ0n) is 16.3. The maximum atomic E-state index is 12.5. The fourth-order valence-corrected chi connectivity index (χ4v) is 3.57. The second-order valence-corrected chi connectivity index (χ2v) is 7.52. The topological polar surface area (TPSA) is 93.5 Å². The number of hydrogen-bond acceptors (Lipinski definition) is 5. The summed E-state index contributed by atoms with van der Waals surface area (Å²) in [6.45, 7) is 0.991. The second kappa shape index (κ2) is 8.06. The van der Waals surface area contributed by atoms with E-state index in [1.54, 1.807) is 30.5 Å². The Labute approximate surface area is 168 Å². The smallest absolute Gasteiger partial charge is 0.253 e. The van der Waals surface area contributed by atoms with Crippen LogP contribution in [0.5, 0.6) is 5.75 Å². The summed E-state index contributed by atoms with van der Waals surface area (Å²) in [5.74, 6) is 0.411. The minimum Gasteiger partial charge on any atom is -0.497 e. The minimum absolute atomic E-state index is 0.0884. The summed E-state index contributed by atoms with van der Waals surface area (Å²) in [5.41, 5.74) is 1.48. The van der Waals surface area contributed by atoms with Crippen LogP contribution >= 0.6 is 0 Å².